The van der Waals surface area contributed by atoms with Crippen LogP contribution in [-0.2, 0) is 16.2 Å². The minimum absolute atomic E-state index is 0.0502. The van der Waals surface area contributed by atoms with Crippen molar-refractivity contribution >= 4 is 44.8 Å². The number of benzene rings is 3. The third kappa shape index (κ3) is 4.45. The van der Waals surface area contributed by atoms with Gasteiger partial charge >= 0.3 is 6.18 Å². The van der Waals surface area contributed by atoms with Crippen LogP contribution < -0.4 is 4.31 Å². The molecule has 0 unspecified atom stereocenters. The summed E-state index contributed by atoms with van der Waals surface area (Å²) < 4.78 is 66.4. The highest BCUT2D eigenvalue weighted by molar-refractivity contribution is 7.93. The summed E-state index contributed by atoms with van der Waals surface area (Å²) in [5.74, 6) is -1.10. The number of amides is 1. The quantitative estimate of drug-likeness (QED) is 0.463. The van der Waals surface area contributed by atoms with E-state index in [-0.39, 0.29) is 20.5 Å². The molecule has 0 N–H and O–H groups in total. The van der Waals surface area contributed by atoms with Crippen molar-refractivity contribution in [3.63, 3.8) is 0 Å². The predicted octanol–water partition coefficient (Wildman–Crippen LogP) is 6.05. The number of halogens is 5. The van der Waals surface area contributed by atoms with Gasteiger partial charge in [-0.1, -0.05) is 41.4 Å². The fraction of sp³-hybridized carbons (Fsp3) is 0.0500. The summed E-state index contributed by atoms with van der Waals surface area (Å²) >= 11 is 11.8. The lowest BCUT2D eigenvalue weighted by molar-refractivity contribution is -0.137. The highest BCUT2D eigenvalue weighted by Crippen LogP contribution is 2.34. The van der Waals surface area contributed by atoms with Gasteiger partial charge in [0.15, 0.2) is 0 Å². The van der Waals surface area contributed by atoms with Crippen molar-refractivity contribution < 1.29 is 26.4 Å². The molecule has 0 bridgehead atoms. The second-order valence-corrected chi connectivity index (χ2v) is 8.69. The molecular weight excluding hydrogens is 462 g/mol. The number of sulfonamides is 1. The molecule has 4 nitrogen and oxygen atoms in total. The highest BCUT2D eigenvalue weighted by Gasteiger charge is 2.36. The maximum absolute atomic E-state index is 13.3. The smallest absolute Gasteiger partial charge is 0.268 e. The molecule has 0 radical (unpaired) electrons. The second-order valence-electron chi connectivity index (χ2n) is 6.06. The van der Waals surface area contributed by atoms with Crippen LogP contribution in [-0.4, -0.2) is 14.3 Å². The Balaban J connectivity index is 2.23. The van der Waals surface area contributed by atoms with Gasteiger partial charge in [0.25, 0.3) is 15.9 Å². The van der Waals surface area contributed by atoms with Crippen LogP contribution in [0, 0.1) is 0 Å². The first-order valence-corrected chi connectivity index (χ1v) is 10.5. The van der Waals surface area contributed by atoms with Gasteiger partial charge in [-0.05, 0) is 54.6 Å². The fourth-order valence-corrected chi connectivity index (χ4v) is 4.37. The van der Waals surface area contributed by atoms with Crippen LogP contribution in [0.2, 0.25) is 10.0 Å². The van der Waals surface area contributed by atoms with Gasteiger partial charge in [0, 0.05) is 5.02 Å². The molecule has 0 atom stereocenters. The van der Waals surface area contributed by atoms with Crippen LogP contribution in [0.15, 0.2) is 77.7 Å². The maximum atomic E-state index is 13.3. The van der Waals surface area contributed by atoms with Crippen LogP contribution in [0.25, 0.3) is 0 Å². The Hall–Kier alpha value is -2.55. The van der Waals surface area contributed by atoms with Gasteiger partial charge in [0.1, 0.15) is 0 Å². The Bertz CT molecular complexity index is 1200. The summed E-state index contributed by atoms with van der Waals surface area (Å²) in [5, 5.41) is 0.197. The zero-order valence-corrected chi connectivity index (χ0v) is 17.2. The van der Waals surface area contributed by atoms with Crippen LogP contribution in [0.3, 0.4) is 0 Å². The van der Waals surface area contributed by atoms with Crippen molar-refractivity contribution in [1.29, 1.82) is 0 Å². The number of rotatable bonds is 4. The zero-order chi connectivity index (χ0) is 22.1. The Morgan fingerprint density at radius 1 is 0.867 bits per heavy atom. The summed E-state index contributed by atoms with van der Waals surface area (Å²) in [6.45, 7) is 0. The van der Waals surface area contributed by atoms with E-state index in [9.17, 15) is 26.4 Å². The summed E-state index contributed by atoms with van der Waals surface area (Å²) in [4.78, 5) is 12.8. The van der Waals surface area contributed by atoms with Crippen molar-refractivity contribution in [3.05, 3.63) is 94.0 Å². The molecule has 0 fully saturated rings. The van der Waals surface area contributed by atoms with E-state index in [0.717, 1.165) is 30.3 Å². The van der Waals surface area contributed by atoms with Gasteiger partial charge in [0.2, 0.25) is 0 Å². The predicted molar refractivity (Wildman–Crippen MR) is 108 cm³/mol. The van der Waals surface area contributed by atoms with E-state index in [4.69, 9.17) is 23.2 Å². The Morgan fingerprint density at radius 2 is 1.50 bits per heavy atom. The molecule has 30 heavy (non-hydrogen) atoms. The SMILES string of the molecule is O=C(c1ccccc1Cl)N(c1cccc(C(F)(F)F)c1)S(=O)(=O)c1ccc(Cl)cc1. The molecule has 0 aromatic heterocycles. The molecule has 0 spiro atoms. The number of carbonyl (C=O) groups is 1. The summed E-state index contributed by atoms with van der Waals surface area (Å²) in [5.41, 5.74) is -1.78. The van der Waals surface area contributed by atoms with Crippen LogP contribution in [0.4, 0.5) is 18.9 Å². The molecule has 1 amide bonds. The average Bonchev–Trinajstić information content (AvgIpc) is 2.68. The first-order chi connectivity index (χ1) is 14.0. The molecule has 156 valence electrons. The van der Waals surface area contributed by atoms with Gasteiger partial charge in [-0.25, -0.2) is 8.42 Å². The first-order valence-electron chi connectivity index (χ1n) is 8.29. The normalized spacial score (nSPS) is 11.9. The van der Waals surface area contributed by atoms with Crippen LogP contribution >= 0.6 is 23.2 Å². The fourth-order valence-electron chi connectivity index (χ4n) is 2.63. The highest BCUT2D eigenvalue weighted by atomic mass is 35.5. The molecule has 0 aliphatic carbocycles. The van der Waals surface area contributed by atoms with Crippen molar-refractivity contribution in [2.45, 2.75) is 11.1 Å². The molecular formula is C20H12Cl2F3NO3S. The number of alkyl halides is 3. The Kier molecular flexibility index (Phi) is 6.12. The van der Waals surface area contributed by atoms with E-state index >= 15 is 0 Å². The van der Waals surface area contributed by atoms with E-state index in [2.05, 4.69) is 0 Å². The zero-order valence-electron chi connectivity index (χ0n) is 14.9. The minimum Gasteiger partial charge on any atom is -0.268 e. The van der Waals surface area contributed by atoms with Crippen molar-refractivity contribution in [2.75, 3.05) is 4.31 Å². The molecule has 0 aliphatic heterocycles. The first kappa shape index (κ1) is 22.1. The molecule has 10 heteroatoms. The van der Waals surface area contributed by atoms with Gasteiger partial charge in [-0.15, -0.1) is 0 Å². The number of hydrogen-bond donors (Lipinski definition) is 0. The summed E-state index contributed by atoms with van der Waals surface area (Å²) in [6.07, 6.45) is -4.74. The van der Waals surface area contributed by atoms with Crippen LogP contribution in [0.5, 0.6) is 0 Å². The lowest BCUT2D eigenvalue weighted by atomic mass is 10.1. The molecule has 0 aliphatic rings. The second kappa shape index (κ2) is 8.29. The molecule has 3 rings (SSSR count). The summed E-state index contributed by atoms with van der Waals surface area (Å²) in [7, 11) is -4.60. The monoisotopic (exact) mass is 473 g/mol. The van der Waals surface area contributed by atoms with Gasteiger partial charge in [0.05, 0.1) is 26.7 Å². The molecule has 3 aromatic rings. The summed E-state index contributed by atoms with van der Waals surface area (Å²) in [6, 6.07) is 14.0. The van der Waals surface area contributed by atoms with Crippen molar-refractivity contribution in [2.24, 2.45) is 0 Å². The molecule has 0 saturated heterocycles. The third-order valence-corrected chi connectivity index (χ3v) is 6.36. The van der Waals surface area contributed by atoms with Crippen molar-refractivity contribution in [3.8, 4) is 0 Å². The van der Waals surface area contributed by atoms with E-state index in [1.807, 2.05) is 0 Å². The van der Waals surface area contributed by atoms with Gasteiger partial charge in [-0.3, -0.25) is 4.79 Å². The third-order valence-electron chi connectivity index (χ3n) is 4.05. The maximum Gasteiger partial charge on any atom is 0.416 e. The topological polar surface area (TPSA) is 54.5 Å². The standard InChI is InChI=1S/C20H12Cl2F3NO3S/c21-14-8-10-16(11-9-14)30(28,29)26(19(27)17-6-1-2-7-18(17)22)15-5-3-4-13(12-15)20(23,24)25/h1-12H. The van der Waals surface area contributed by atoms with E-state index in [1.54, 1.807) is 0 Å². The van der Waals surface area contributed by atoms with Gasteiger partial charge < -0.3 is 0 Å². The molecule has 3 aromatic carbocycles. The Morgan fingerprint density at radius 3 is 2.10 bits per heavy atom. The molecule has 0 saturated carbocycles. The van der Waals surface area contributed by atoms with Crippen LogP contribution in [0.1, 0.15) is 15.9 Å². The van der Waals surface area contributed by atoms with E-state index in [1.165, 1.54) is 36.4 Å². The van der Waals surface area contributed by atoms with E-state index < -0.39 is 33.4 Å². The molecule has 0 heterocycles. The Labute approximate surface area is 180 Å². The largest absolute Gasteiger partial charge is 0.416 e. The minimum atomic E-state index is -4.74. The lowest BCUT2D eigenvalue weighted by Crippen LogP contribution is -2.37. The average molecular weight is 474 g/mol. The van der Waals surface area contributed by atoms with Gasteiger partial charge in [-0.2, -0.15) is 17.5 Å². The van der Waals surface area contributed by atoms with Crippen molar-refractivity contribution in [1.82, 2.24) is 0 Å². The lowest BCUT2D eigenvalue weighted by Gasteiger charge is -2.24. The number of hydrogen-bond acceptors (Lipinski definition) is 3. The van der Waals surface area contributed by atoms with E-state index in [0.29, 0.717) is 10.4 Å². The number of carbonyl (C=O) groups excluding carboxylic acids is 1. The number of anilines is 1. The number of nitrogens with zero attached hydrogens (tertiary/aromatic N) is 1.